The fourth-order valence-electron chi connectivity index (χ4n) is 1.92. The van der Waals surface area contributed by atoms with Gasteiger partial charge in [0.15, 0.2) is 0 Å². The third kappa shape index (κ3) is 4.60. The molecular weight excluding hydrogens is 254 g/mol. The van der Waals surface area contributed by atoms with Gasteiger partial charge < -0.3 is 15.0 Å². The maximum absolute atomic E-state index is 11.6. The Balaban J connectivity index is 2.03. The summed E-state index contributed by atoms with van der Waals surface area (Å²) in [7, 11) is 1.66. The highest BCUT2D eigenvalue weighted by Crippen LogP contribution is 2.04. The topological polar surface area (TPSA) is 67.0 Å². The van der Waals surface area contributed by atoms with E-state index in [2.05, 4.69) is 15.3 Å². The van der Waals surface area contributed by atoms with Gasteiger partial charge in [-0.1, -0.05) is 30.3 Å². The highest BCUT2D eigenvalue weighted by atomic mass is 16.5. The van der Waals surface area contributed by atoms with E-state index in [1.165, 1.54) is 6.07 Å². The normalized spacial score (nSPS) is 10.7. The molecule has 0 bridgehead atoms. The fourth-order valence-corrected chi connectivity index (χ4v) is 1.92. The van der Waals surface area contributed by atoms with E-state index in [1.807, 2.05) is 30.3 Å². The highest BCUT2D eigenvalue weighted by molar-refractivity contribution is 5.19. The van der Waals surface area contributed by atoms with Crippen LogP contribution in [0.2, 0.25) is 0 Å². The molecule has 0 fully saturated rings. The second-order valence-corrected chi connectivity index (χ2v) is 4.52. The van der Waals surface area contributed by atoms with Gasteiger partial charge in [0.1, 0.15) is 5.82 Å². The molecule has 0 aliphatic rings. The van der Waals surface area contributed by atoms with Gasteiger partial charge in [0.25, 0.3) is 5.56 Å². The number of hydrogen-bond acceptors (Lipinski definition) is 4. The summed E-state index contributed by atoms with van der Waals surface area (Å²) < 4.78 is 4.96. The van der Waals surface area contributed by atoms with Gasteiger partial charge in [-0.05, 0) is 5.56 Å². The van der Waals surface area contributed by atoms with Crippen LogP contribution in [0.3, 0.4) is 0 Å². The van der Waals surface area contributed by atoms with Crippen molar-refractivity contribution in [1.29, 1.82) is 0 Å². The van der Waals surface area contributed by atoms with E-state index in [4.69, 9.17) is 4.74 Å². The molecule has 0 atom stereocenters. The monoisotopic (exact) mass is 273 g/mol. The fraction of sp³-hybridized carbons (Fsp3) is 0.333. The Labute approximate surface area is 118 Å². The lowest BCUT2D eigenvalue weighted by Gasteiger charge is -2.06. The number of nitrogens with zero attached hydrogens (tertiary/aromatic N) is 1. The molecule has 1 heterocycles. The van der Waals surface area contributed by atoms with Crippen LogP contribution in [0.1, 0.15) is 17.1 Å². The van der Waals surface area contributed by atoms with Crippen LogP contribution in [-0.2, 0) is 17.7 Å². The average Bonchev–Trinajstić information content (AvgIpc) is 2.44. The molecular formula is C15H19N3O2. The first-order valence-electron chi connectivity index (χ1n) is 6.60. The molecule has 0 aliphatic heterocycles. The molecule has 0 radical (unpaired) electrons. The Morgan fingerprint density at radius 2 is 2.10 bits per heavy atom. The summed E-state index contributed by atoms with van der Waals surface area (Å²) in [6.45, 7) is 1.94. The van der Waals surface area contributed by atoms with E-state index in [0.717, 1.165) is 17.8 Å². The minimum Gasteiger partial charge on any atom is -0.383 e. The van der Waals surface area contributed by atoms with Crippen molar-refractivity contribution in [2.75, 3.05) is 20.3 Å². The first kappa shape index (κ1) is 14.4. The van der Waals surface area contributed by atoms with Crippen molar-refractivity contribution in [3.63, 3.8) is 0 Å². The van der Waals surface area contributed by atoms with Crippen molar-refractivity contribution in [3.8, 4) is 0 Å². The highest BCUT2D eigenvalue weighted by Gasteiger charge is 2.02. The number of aromatic amines is 1. The lowest BCUT2D eigenvalue weighted by atomic mass is 10.1. The number of nitrogens with one attached hydrogen (secondary N) is 2. The van der Waals surface area contributed by atoms with Crippen LogP contribution in [0.4, 0.5) is 0 Å². The van der Waals surface area contributed by atoms with Gasteiger partial charge in [-0.2, -0.15) is 0 Å². The first-order valence-corrected chi connectivity index (χ1v) is 6.60. The Kier molecular flexibility index (Phi) is 5.46. The number of rotatable bonds is 7. The van der Waals surface area contributed by atoms with E-state index >= 15 is 0 Å². The molecule has 0 spiro atoms. The van der Waals surface area contributed by atoms with Crippen molar-refractivity contribution in [2.24, 2.45) is 0 Å². The van der Waals surface area contributed by atoms with E-state index < -0.39 is 0 Å². The molecule has 0 unspecified atom stereocenters. The summed E-state index contributed by atoms with van der Waals surface area (Å²) in [4.78, 5) is 18.9. The van der Waals surface area contributed by atoms with E-state index in [1.54, 1.807) is 7.11 Å². The smallest absolute Gasteiger partial charge is 0.251 e. The summed E-state index contributed by atoms with van der Waals surface area (Å²) in [5.41, 5.74) is 1.75. The standard InChI is InChI=1S/C15H19N3O2/c1-20-8-7-16-11-13-10-15(19)18-14(17-13)9-12-5-3-2-4-6-12/h2-6,10,16H,7-9,11H2,1H3,(H,17,18,19). The van der Waals surface area contributed by atoms with Crippen molar-refractivity contribution in [1.82, 2.24) is 15.3 Å². The van der Waals surface area contributed by atoms with Crippen LogP contribution in [0.25, 0.3) is 0 Å². The van der Waals surface area contributed by atoms with Crippen molar-refractivity contribution < 1.29 is 4.74 Å². The molecule has 5 heteroatoms. The average molecular weight is 273 g/mol. The lowest BCUT2D eigenvalue weighted by molar-refractivity contribution is 0.199. The maximum Gasteiger partial charge on any atom is 0.251 e. The summed E-state index contributed by atoms with van der Waals surface area (Å²) in [6, 6.07) is 11.5. The molecule has 0 saturated carbocycles. The molecule has 0 amide bonds. The molecule has 1 aromatic heterocycles. The van der Waals surface area contributed by atoms with Crippen LogP contribution in [0.15, 0.2) is 41.2 Å². The van der Waals surface area contributed by atoms with Gasteiger partial charge in [-0.3, -0.25) is 4.79 Å². The SMILES string of the molecule is COCCNCc1cc(=O)[nH]c(Cc2ccccc2)n1. The molecule has 5 nitrogen and oxygen atoms in total. The van der Waals surface area contributed by atoms with Gasteiger partial charge in [0, 0.05) is 32.7 Å². The van der Waals surface area contributed by atoms with Gasteiger partial charge in [0.2, 0.25) is 0 Å². The second kappa shape index (κ2) is 7.57. The molecule has 2 aromatic rings. The summed E-state index contributed by atoms with van der Waals surface area (Å²) in [5.74, 6) is 0.687. The van der Waals surface area contributed by atoms with Crippen LogP contribution in [-0.4, -0.2) is 30.2 Å². The second-order valence-electron chi connectivity index (χ2n) is 4.52. The van der Waals surface area contributed by atoms with Crippen molar-refractivity contribution in [3.05, 3.63) is 63.8 Å². The molecule has 2 rings (SSSR count). The van der Waals surface area contributed by atoms with Crippen molar-refractivity contribution >= 4 is 0 Å². The molecule has 2 N–H and O–H groups in total. The third-order valence-electron chi connectivity index (χ3n) is 2.85. The van der Waals surface area contributed by atoms with Gasteiger partial charge in [0.05, 0.1) is 12.3 Å². The molecule has 1 aromatic carbocycles. The quantitative estimate of drug-likeness (QED) is 0.741. The van der Waals surface area contributed by atoms with Crippen LogP contribution >= 0.6 is 0 Å². The summed E-state index contributed by atoms with van der Waals surface area (Å²) >= 11 is 0. The first-order chi connectivity index (χ1) is 9.78. The largest absolute Gasteiger partial charge is 0.383 e. The number of H-pyrrole nitrogens is 1. The van der Waals surface area contributed by atoms with Crippen LogP contribution in [0.5, 0.6) is 0 Å². The van der Waals surface area contributed by atoms with E-state index in [0.29, 0.717) is 25.4 Å². The molecule has 20 heavy (non-hydrogen) atoms. The maximum atomic E-state index is 11.6. The third-order valence-corrected chi connectivity index (χ3v) is 2.85. The zero-order valence-electron chi connectivity index (χ0n) is 11.6. The van der Waals surface area contributed by atoms with E-state index in [-0.39, 0.29) is 5.56 Å². The number of benzene rings is 1. The zero-order valence-corrected chi connectivity index (χ0v) is 11.6. The Bertz CT molecular complexity index is 581. The van der Waals surface area contributed by atoms with Gasteiger partial charge in [-0.25, -0.2) is 4.98 Å². The summed E-state index contributed by atoms with van der Waals surface area (Å²) in [6.07, 6.45) is 0.627. The zero-order chi connectivity index (χ0) is 14.2. The number of hydrogen-bond donors (Lipinski definition) is 2. The summed E-state index contributed by atoms with van der Waals surface area (Å²) in [5, 5.41) is 3.18. The lowest BCUT2D eigenvalue weighted by Crippen LogP contribution is -2.22. The Morgan fingerprint density at radius 1 is 1.30 bits per heavy atom. The van der Waals surface area contributed by atoms with Crippen LogP contribution < -0.4 is 10.9 Å². The number of ether oxygens (including phenoxy) is 1. The van der Waals surface area contributed by atoms with E-state index in [9.17, 15) is 4.79 Å². The number of aromatic nitrogens is 2. The predicted octanol–water partition coefficient (Wildman–Crippen LogP) is 1.10. The molecule has 0 aliphatic carbocycles. The van der Waals surface area contributed by atoms with Crippen LogP contribution in [0, 0.1) is 0 Å². The van der Waals surface area contributed by atoms with Crippen molar-refractivity contribution in [2.45, 2.75) is 13.0 Å². The Morgan fingerprint density at radius 3 is 2.85 bits per heavy atom. The molecule has 106 valence electrons. The van der Waals surface area contributed by atoms with Gasteiger partial charge in [-0.15, -0.1) is 0 Å². The predicted molar refractivity (Wildman–Crippen MR) is 77.7 cm³/mol. The number of methoxy groups -OCH3 is 1. The minimum atomic E-state index is -0.116. The van der Waals surface area contributed by atoms with Gasteiger partial charge >= 0.3 is 0 Å². The Hall–Kier alpha value is -1.98. The minimum absolute atomic E-state index is 0.116. The molecule has 0 saturated heterocycles.